The average molecular weight is 276 g/mol. The lowest BCUT2D eigenvalue weighted by Crippen LogP contribution is -2.38. The Morgan fingerprint density at radius 2 is 2.30 bits per heavy atom. The summed E-state index contributed by atoms with van der Waals surface area (Å²) in [6, 6.07) is 8.12. The maximum absolute atomic E-state index is 12.1. The van der Waals surface area contributed by atoms with Gasteiger partial charge in [-0.2, -0.15) is 0 Å². The molecular formula is C16H24N2O2. The summed E-state index contributed by atoms with van der Waals surface area (Å²) in [4.78, 5) is 14.1. The second kappa shape index (κ2) is 6.86. The van der Waals surface area contributed by atoms with Crippen LogP contribution in [0.5, 0.6) is 0 Å². The predicted molar refractivity (Wildman–Crippen MR) is 80.8 cm³/mol. The van der Waals surface area contributed by atoms with E-state index in [0.29, 0.717) is 12.5 Å². The second-order valence-electron chi connectivity index (χ2n) is 5.78. The molecule has 0 spiro atoms. The monoisotopic (exact) mass is 276 g/mol. The molecule has 1 saturated heterocycles. The van der Waals surface area contributed by atoms with Gasteiger partial charge in [-0.15, -0.1) is 0 Å². The molecule has 4 nitrogen and oxygen atoms in total. The predicted octanol–water partition coefficient (Wildman–Crippen LogP) is 2.21. The zero-order valence-electron chi connectivity index (χ0n) is 12.3. The minimum absolute atomic E-state index is 0.00810. The van der Waals surface area contributed by atoms with Crippen molar-refractivity contribution >= 4 is 11.6 Å². The number of carbonyl (C=O) groups excluding carboxylic acids is 1. The van der Waals surface area contributed by atoms with E-state index in [9.17, 15) is 9.90 Å². The smallest absolute Gasteiger partial charge is 0.238 e. The molecule has 2 rings (SSSR count). The zero-order chi connectivity index (χ0) is 14.5. The molecule has 0 saturated carbocycles. The van der Waals surface area contributed by atoms with E-state index in [4.69, 9.17) is 0 Å². The Morgan fingerprint density at radius 1 is 1.50 bits per heavy atom. The molecule has 0 aromatic heterocycles. The molecule has 1 aromatic rings. The lowest BCUT2D eigenvalue weighted by molar-refractivity contribution is -0.117. The number of aliphatic hydroxyl groups excluding tert-OH is 1. The molecule has 0 aliphatic carbocycles. The van der Waals surface area contributed by atoms with Crippen molar-refractivity contribution in [1.29, 1.82) is 0 Å². The average Bonchev–Trinajstić information content (AvgIpc) is 2.86. The first-order valence-corrected chi connectivity index (χ1v) is 7.35. The van der Waals surface area contributed by atoms with E-state index in [2.05, 4.69) is 30.1 Å². The minimum Gasteiger partial charge on any atom is -0.395 e. The third-order valence-corrected chi connectivity index (χ3v) is 3.89. The Morgan fingerprint density at radius 3 is 3.00 bits per heavy atom. The largest absolute Gasteiger partial charge is 0.395 e. The minimum atomic E-state index is -0.00810. The van der Waals surface area contributed by atoms with Gasteiger partial charge in [0.2, 0.25) is 5.91 Å². The van der Waals surface area contributed by atoms with Gasteiger partial charge in [0.15, 0.2) is 0 Å². The molecule has 1 aromatic carbocycles. The van der Waals surface area contributed by atoms with Crippen LogP contribution in [0.15, 0.2) is 24.3 Å². The van der Waals surface area contributed by atoms with Crippen LogP contribution in [0.2, 0.25) is 0 Å². The van der Waals surface area contributed by atoms with Crippen LogP contribution in [0.1, 0.15) is 38.2 Å². The molecule has 0 radical (unpaired) electrons. The SMILES string of the molecule is CC(C)c1cccc(NC(=O)CN2CCC[C@H]2CO)c1. The van der Waals surface area contributed by atoms with Crippen molar-refractivity contribution in [3.05, 3.63) is 29.8 Å². The van der Waals surface area contributed by atoms with Crippen LogP contribution in [-0.4, -0.2) is 41.7 Å². The molecule has 20 heavy (non-hydrogen) atoms. The van der Waals surface area contributed by atoms with Crippen LogP contribution in [0, 0.1) is 0 Å². The summed E-state index contributed by atoms with van der Waals surface area (Å²) in [7, 11) is 0. The summed E-state index contributed by atoms with van der Waals surface area (Å²) in [5.74, 6) is 0.440. The number of aliphatic hydroxyl groups is 1. The number of rotatable bonds is 5. The Bertz CT molecular complexity index is 460. The van der Waals surface area contributed by atoms with Crippen molar-refractivity contribution in [2.75, 3.05) is 25.0 Å². The molecule has 1 amide bonds. The van der Waals surface area contributed by atoms with Gasteiger partial charge in [-0.05, 0) is 43.0 Å². The maximum Gasteiger partial charge on any atom is 0.238 e. The number of hydrogen-bond acceptors (Lipinski definition) is 3. The number of nitrogens with one attached hydrogen (secondary N) is 1. The van der Waals surface area contributed by atoms with Gasteiger partial charge in [0.1, 0.15) is 0 Å². The Labute approximate surface area is 120 Å². The van der Waals surface area contributed by atoms with Gasteiger partial charge in [-0.3, -0.25) is 9.69 Å². The molecule has 2 N–H and O–H groups in total. The third kappa shape index (κ3) is 3.81. The maximum atomic E-state index is 12.1. The summed E-state index contributed by atoms with van der Waals surface area (Å²) >= 11 is 0. The molecule has 4 heteroatoms. The summed E-state index contributed by atoms with van der Waals surface area (Å²) in [6.45, 7) is 5.66. The van der Waals surface area contributed by atoms with Crippen molar-refractivity contribution in [2.24, 2.45) is 0 Å². The number of anilines is 1. The lowest BCUT2D eigenvalue weighted by Gasteiger charge is -2.21. The summed E-state index contributed by atoms with van der Waals surface area (Å²) in [6.07, 6.45) is 2.04. The van der Waals surface area contributed by atoms with E-state index in [1.165, 1.54) is 5.56 Å². The van der Waals surface area contributed by atoms with E-state index < -0.39 is 0 Å². The number of amides is 1. The first-order valence-electron chi connectivity index (χ1n) is 7.35. The van der Waals surface area contributed by atoms with Gasteiger partial charge in [-0.25, -0.2) is 0 Å². The van der Waals surface area contributed by atoms with Crippen LogP contribution in [-0.2, 0) is 4.79 Å². The van der Waals surface area contributed by atoms with Gasteiger partial charge in [-0.1, -0.05) is 26.0 Å². The highest BCUT2D eigenvalue weighted by molar-refractivity contribution is 5.92. The van der Waals surface area contributed by atoms with Crippen molar-refractivity contribution < 1.29 is 9.90 Å². The Kier molecular flexibility index (Phi) is 5.15. The number of carbonyl (C=O) groups is 1. The van der Waals surface area contributed by atoms with Crippen LogP contribution >= 0.6 is 0 Å². The van der Waals surface area contributed by atoms with Crippen LogP contribution in [0.4, 0.5) is 5.69 Å². The van der Waals surface area contributed by atoms with Crippen LogP contribution in [0.3, 0.4) is 0 Å². The zero-order valence-corrected chi connectivity index (χ0v) is 12.3. The summed E-state index contributed by atoms with van der Waals surface area (Å²) in [5.41, 5.74) is 2.07. The van der Waals surface area contributed by atoms with Crippen molar-refractivity contribution in [3.63, 3.8) is 0 Å². The third-order valence-electron chi connectivity index (χ3n) is 3.89. The van der Waals surface area contributed by atoms with E-state index >= 15 is 0 Å². The molecule has 1 aliphatic heterocycles. The fraction of sp³-hybridized carbons (Fsp3) is 0.562. The van der Waals surface area contributed by atoms with Crippen LogP contribution in [0.25, 0.3) is 0 Å². The van der Waals surface area contributed by atoms with Crippen molar-refractivity contribution in [2.45, 2.75) is 38.6 Å². The van der Waals surface area contributed by atoms with Crippen molar-refractivity contribution in [3.8, 4) is 0 Å². The van der Waals surface area contributed by atoms with Gasteiger partial charge in [0, 0.05) is 11.7 Å². The molecule has 1 fully saturated rings. The molecule has 0 bridgehead atoms. The highest BCUT2D eigenvalue weighted by atomic mass is 16.3. The van der Waals surface area contributed by atoms with Gasteiger partial charge < -0.3 is 10.4 Å². The molecule has 1 heterocycles. The van der Waals surface area contributed by atoms with Crippen LogP contribution < -0.4 is 5.32 Å². The molecule has 1 aliphatic rings. The first kappa shape index (κ1) is 15.0. The number of hydrogen-bond donors (Lipinski definition) is 2. The molecule has 0 unspecified atom stereocenters. The van der Waals surface area contributed by atoms with Gasteiger partial charge >= 0.3 is 0 Å². The normalized spacial score (nSPS) is 19.5. The van der Waals surface area contributed by atoms with E-state index in [-0.39, 0.29) is 18.6 Å². The molecule has 110 valence electrons. The highest BCUT2D eigenvalue weighted by Crippen LogP contribution is 2.19. The fourth-order valence-corrected chi connectivity index (χ4v) is 2.67. The number of likely N-dealkylation sites (tertiary alicyclic amines) is 1. The standard InChI is InChI=1S/C16H24N2O2/c1-12(2)13-5-3-6-14(9-13)17-16(20)10-18-8-4-7-15(18)11-19/h3,5-6,9,12,15,19H,4,7-8,10-11H2,1-2H3,(H,17,20)/t15-/m0/s1. The van der Waals surface area contributed by atoms with E-state index in [0.717, 1.165) is 25.1 Å². The second-order valence-corrected chi connectivity index (χ2v) is 5.78. The molecule has 1 atom stereocenters. The van der Waals surface area contributed by atoms with E-state index in [1.807, 2.05) is 18.2 Å². The highest BCUT2D eigenvalue weighted by Gasteiger charge is 2.25. The van der Waals surface area contributed by atoms with Gasteiger partial charge in [0.25, 0.3) is 0 Å². The number of nitrogens with zero attached hydrogens (tertiary/aromatic N) is 1. The fourth-order valence-electron chi connectivity index (χ4n) is 2.67. The van der Waals surface area contributed by atoms with E-state index in [1.54, 1.807) is 0 Å². The quantitative estimate of drug-likeness (QED) is 0.867. The van der Waals surface area contributed by atoms with Gasteiger partial charge in [0.05, 0.1) is 13.2 Å². The first-order chi connectivity index (χ1) is 9.60. The topological polar surface area (TPSA) is 52.6 Å². The molecular weight excluding hydrogens is 252 g/mol. The Hall–Kier alpha value is -1.39. The number of benzene rings is 1. The summed E-state index contributed by atoms with van der Waals surface area (Å²) in [5, 5.41) is 12.2. The van der Waals surface area contributed by atoms with Crippen molar-refractivity contribution in [1.82, 2.24) is 4.90 Å². The summed E-state index contributed by atoms with van der Waals surface area (Å²) < 4.78 is 0. The lowest BCUT2D eigenvalue weighted by atomic mass is 10.0. The Balaban J connectivity index is 1.92.